The second-order valence-corrected chi connectivity index (χ2v) is 6.96. The number of carbonyl (C=O) groups is 1. The van der Waals surface area contributed by atoms with Crippen LogP contribution in [0.3, 0.4) is 0 Å². The molecule has 1 aliphatic heterocycles. The molecule has 10 heteroatoms. The van der Waals surface area contributed by atoms with Crippen molar-refractivity contribution in [3.63, 3.8) is 0 Å². The fourth-order valence-electron chi connectivity index (χ4n) is 3.39. The summed E-state index contributed by atoms with van der Waals surface area (Å²) in [7, 11) is 1.97. The lowest BCUT2D eigenvalue weighted by molar-refractivity contribution is -0.117. The van der Waals surface area contributed by atoms with Crippen LogP contribution < -0.4 is 10.6 Å². The minimum atomic E-state index is -0.483. The van der Waals surface area contributed by atoms with E-state index < -0.39 is 5.82 Å². The average molecular weight is 412 g/mol. The van der Waals surface area contributed by atoms with Crippen LogP contribution in [0.4, 0.5) is 10.1 Å². The Balaban J connectivity index is 0.00000280. The number of aryl methyl sites for hydroxylation is 1. The number of nitrogens with one attached hydrogen (secondary N) is 2. The number of piperidine rings is 1. The number of hydrogen-bond donors (Lipinski definition) is 2. The molecule has 8 nitrogen and oxygen atoms in total. The van der Waals surface area contributed by atoms with Crippen LogP contribution in [0, 0.1) is 18.7 Å². The van der Waals surface area contributed by atoms with Crippen molar-refractivity contribution in [1.29, 1.82) is 0 Å². The number of carbonyl (C=O) groups excluding carboxylic acids is 1. The third-order valence-electron chi connectivity index (χ3n) is 4.97. The zero-order chi connectivity index (χ0) is 19.2. The highest BCUT2D eigenvalue weighted by atomic mass is 35.5. The van der Waals surface area contributed by atoms with Crippen molar-refractivity contribution in [3.8, 4) is 5.69 Å². The molecule has 0 spiro atoms. The van der Waals surface area contributed by atoms with Crippen LogP contribution >= 0.6 is 12.4 Å². The van der Waals surface area contributed by atoms with E-state index in [1.165, 1.54) is 17.2 Å². The van der Waals surface area contributed by atoms with E-state index >= 15 is 0 Å². The van der Waals surface area contributed by atoms with Crippen LogP contribution in [0.2, 0.25) is 0 Å². The molecule has 1 saturated heterocycles. The summed E-state index contributed by atoms with van der Waals surface area (Å²) in [5, 5.41) is 17.1. The Kier molecular flexibility index (Phi) is 8.28. The summed E-state index contributed by atoms with van der Waals surface area (Å²) >= 11 is 0. The first-order valence-corrected chi connectivity index (χ1v) is 9.28. The Labute approximate surface area is 170 Å². The van der Waals surface area contributed by atoms with Crippen LogP contribution in [0.5, 0.6) is 0 Å². The molecule has 2 N–H and O–H groups in total. The maximum atomic E-state index is 14.1. The standard InChI is InChI=1S/C18H26FN7O.ClH/c1-13-22-23-24-26(13)15-3-4-16(19)17(11-15)21-18(27)12-25-9-6-14(7-10-25)5-8-20-2;/h3-4,11,14,20H,5-10,12H2,1-2H3,(H,21,27);1H. The van der Waals surface area contributed by atoms with Gasteiger partial charge in [-0.25, -0.2) is 4.39 Å². The first kappa shape index (κ1) is 22.2. The lowest BCUT2D eigenvalue weighted by atomic mass is 9.93. The molecule has 28 heavy (non-hydrogen) atoms. The predicted molar refractivity (Wildman–Crippen MR) is 107 cm³/mol. The predicted octanol–water partition coefficient (Wildman–Crippen LogP) is 1.79. The van der Waals surface area contributed by atoms with E-state index in [1.54, 1.807) is 19.1 Å². The van der Waals surface area contributed by atoms with Crippen molar-refractivity contribution in [2.24, 2.45) is 5.92 Å². The number of aromatic nitrogens is 4. The number of benzene rings is 1. The second-order valence-electron chi connectivity index (χ2n) is 6.96. The molecule has 1 aromatic carbocycles. The summed E-state index contributed by atoms with van der Waals surface area (Å²) in [5.74, 6) is 0.599. The first-order valence-electron chi connectivity index (χ1n) is 9.28. The van der Waals surface area contributed by atoms with Crippen molar-refractivity contribution in [3.05, 3.63) is 29.8 Å². The number of tetrazole rings is 1. The minimum Gasteiger partial charge on any atom is -0.322 e. The zero-order valence-corrected chi connectivity index (χ0v) is 17.0. The van der Waals surface area contributed by atoms with Crippen LogP contribution in [0.1, 0.15) is 25.1 Å². The number of likely N-dealkylation sites (tertiary alicyclic amines) is 1. The van der Waals surface area contributed by atoms with Crippen LogP contribution in [-0.2, 0) is 4.79 Å². The van der Waals surface area contributed by atoms with Gasteiger partial charge in [-0.3, -0.25) is 9.69 Å². The Morgan fingerprint density at radius 3 is 2.71 bits per heavy atom. The van der Waals surface area contributed by atoms with E-state index in [2.05, 4.69) is 31.1 Å². The molecule has 0 bridgehead atoms. The lowest BCUT2D eigenvalue weighted by Gasteiger charge is -2.31. The van der Waals surface area contributed by atoms with E-state index in [-0.39, 0.29) is 30.5 Å². The quantitative estimate of drug-likeness (QED) is 0.722. The SMILES string of the molecule is CNCCC1CCN(CC(=O)Nc2cc(-n3nnnc3C)ccc2F)CC1.Cl. The van der Waals surface area contributed by atoms with E-state index in [0.717, 1.165) is 32.5 Å². The number of hydrogen-bond acceptors (Lipinski definition) is 6. The van der Waals surface area contributed by atoms with Gasteiger partial charge in [0.25, 0.3) is 0 Å². The number of nitrogens with zero attached hydrogens (tertiary/aromatic N) is 5. The molecule has 1 fully saturated rings. The summed E-state index contributed by atoms with van der Waals surface area (Å²) in [6, 6.07) is 4.42. The molecule has 0 aliphatic carbocycles. The van der Waals surface area contributed by atoms with Gasteiger partial charge in [0.2, 0.25) is 5.91 Å². The highest BCUT2D eigenvalue weighted by Gasteiger charge is 2.21. The van der Waals surface area contributed by atoms with Crippen molar-refractivity contribution in [1.82, 2.24) is 30.4 Å². The van der Waals surface area contributed by atoms with Gasteiger partial charge in [-0.2, -0.15) is 4.68 Å². The zero-order valence-electron chi connectivity index (χ0n) is 16.2. The van der Waals surface area contributed by atoms with Crippen molar-refractivity contribution in [2.45, 2.75) is 26.2 Å². The molecular weight excluding hydrogens is 385 g/mol. The van der Waals surface area contributed by atoms with Crippen LogP contribution in [0.25, 0.3) is 5.69 Å². The molecule has 0 atom stereocenters. The summed E-state index contributed by atoms with van der Waals surface area (Å²) in [6.07, 6.45) is 3.36. The first-order chi connectivity index (χ1) is 13.1. The average Bonchev–Trinajstić information content (AvgIpc) is 3.09. The third kappa shape index (κ3) is 5.70. The van der Waals surface area contributed by atoms with E-state index in [1.807, 2.05) is 7.05 Å². The largest absolute Gasteiger partial charge is 0.322 e. The Hall–Kier alpha value is -2.10. The normalized spacial score (nSPS) is 15.2. The maximum absolute atomic E-state index is 14.1. The molecule has 0 unspecified atom stereocenters. The third-order valence-corrected chi connectivity index (χ3v) is 4.97. The summed E-state index contributed by atoms with van der Waals surface area (Å²) < 4.78 is 15.6. The topological polar surface area (TPSA) is 88.0 Å². The maximum Gasteiger partial charge on any atom is 0.238 e. The molecule has 0 saturated carbocycles. The molecule has 1 amide bonds. The fourth-order valence-corrected chi connectivity index (χ4v) is 3.39. The van der Waals surface area contributed by atoms with Crippen molar-refractivity contribution >= 4 is 24.0 Å². The van der Waals surface area contributed by atoms with Gasteiger partial charge in [0.15, 0.2) is 5.82 Å². The van der Waals surface area contributed by atoms with Gasteiger partial charge in [-0.05, 0) is 87.4 Å². The van der Waals surface area contributed by atoms with E-state index in [9.17, 15) is 9.18 Å². The van der Waals surface area contributed by atoms with Gasteiger partial charge in [0, 0.05) is 0 Å². The Bertz CT molecular complexity index is 777. The number of rotatable bonds is 7. The van der Waals surface area contributed by atoms with Gasteiger partial charge in [-0.15, -0.1) is 17.5 Å². The Morgan fingerprint density at radius 1 is 1.32 bits per heavy atom. The van der Waals surface area contributed by atoms with Gasteiger partial charge in [-0.1, -0.05) is 0 Å². The molecule has 154 valence electrons. The summed E-state index contributed by atoms with van der Waals surface area (Å²) in [4.78, 5) is 14.5. The van der Waals surface area contributed by atoms with Gasteiger partial charge in [0.1, 0.15) is 5.82 Å². The smallest absolute Gasteiger partial charge is 0.238 e. The van der Waals surface area contributed by atoms with E-state index in [0.29, 0.717) is 17.4 Å². The monoisotopic (exact) mass is 411 g/mol. The summed E-state index contributed by atoms with van der Waals surface area (Å²) in [6.45, 7) is 4.85. The fraction of sp³-hybridized carbons (Fsp3) is 0.556. The highest BCUT2D eigenvalue weighted by Crippen LogP contribution is 2.21. The molecule has 2 heterocycles. The van der Waals surface area contributed by atoms with Crippen molar-refractivity contribution in [2.75, 3.05) is 38.5 Å². The van der Waals surface area contributed by atoms with E-state index in [4.69, 9.17) is 0 Å². The molecule has 1 aliphatic rings. The second kappa shape index (κ2) is 10.4. The molecule has 0 radical (unpaired) electrons. The Morgan fingerprint density at radius 2 is 2.07 bits per heavy atom. The van der Waals surface area contributed by atoms with Gasteiger partial charge < -0.3 is 10.6 Å². The van der Waals surface area contributed by atoms with Crippen molar-refractivity contribution < 1.29 is 9.18 Å². The lowest BCUT2D eigenvalue weighted by Crippen LogP contribution is -2.39. The number of anilines is 1. The molecule has 3 rings (SSSR count). The number of amides is 1. The molecule has 2 aromatic rings. The highest BCUT2D eigenvalue weighted by molar-refractivity contribution is 5.92. The van der Waals surface area contributed by atoms with Gasteiger partial charge in [0.05, 0.1) is 17.9 Å². The van der Waals surface area contributed by atoms with Crippen LogP contribution in [-0.4, -0.2) is 64.2 Å². The molecule has 1 aromatic heterocycles. The summed E-state index contributed by atoms with van der Waals surface area (Å²) in [5.41, 5.74) is 0.732. The number of halogens is 2. The molecular formula is C18H27ClFN7O. The van der Waals surface area contributed by atoms with Gasteiger partial charge >= 0.3 is 0 Å². The van der Waals surface area contributed by atoms with Crippen LogP contribution in [0.15, 0.2) is 18.2 Å². The minimum absolute atomic E-state index is 0.